The Labute approximate surface area is 175 Å². The lowest BCUT2D eigenvalue weighted by Gasteiger charge is -2.17. The summed E-state index contributed by atoms with van der Waals surface area (Å²) >= 11 is 0. The molecule has 0 aliphatic carbocycles. The number of carbonyl (C=O) groups excluding carboxylic acids is 2. The average molecular weight is 431 g/mol. The van der Waals surface area contributed by atoms with Gasteiger partial charge < -0.3 is 19.2 Å². The van der Waals surface area contributed by atoms with Crippen molar-refractivity contribution >= 4 is 22.8 Å². The highest BCUT2D eigenvalue weighted by Gasteiger charge is 2.24. The quantitative estimate of drug-likeness (QED) is 0.456. The van der Waals surface area contributed by atoms with Crippen molar-refractivity contribution in [2.75, 3.05) is 14.2 Å². The summed E-state index contributed by atoms with van der Waals surface area (Å²) < 4.78 is 41.9. The summed E-state index contributed by atoms with van der Waals surface area (Å²) in [5.74, 6) is -2.57. The summed E-state index contributed by atoms with van der Waals surface area (Å²) in [6.07, 6.45) is -0.479. The minimum absolute atomic E-state index is 0.0274. The molecule has 0 radical (unpaired) electrons. The molecule has 9 heteroatoms. The summed E-state index contributed by atoms with van der Waals surface area (Å²) in [5, 5.41) is 3.03. The Morgan fingerprint density at radius 3 is 2.52 bits per heavy atom. The van der Waals surface area contributed by atoms with Gasteiger partial charge >= 0.3 is 11.6 Å². The maximum Gasteiger partial charge on any atom is 0.336 e. The number of ether oxygens (including phenoxy) is 2. The van der Waals surface area contributed by atoms with E-state index in [2.05, 4.69) is 5.32 Å². The van der Waals surface area contributed by atoms with E-state index in [0.29, 0.717) is 22.8 Å². The Morgan fingerprint density at radius 1 is 1.06 bits per heavy atom. The lowest BCUT2D eigenvalue weighted by Crippen LogP contribution is -2.43. The molecule has 162 valence electrons. The molecule has 7 nitrogen and oxygen atoms in total. The molecule has 0 bridgehead atoms. The minimum atomic E-state index is -1.15. The molecule has 1 amide bonds. The van der Waals surface area contributed by atoms with E-state index in [1.165, 1.54) is 19.2 Å². The van der Waals surface area contributed by atoms with Gasteiger partial charge in [-0.05, 0) is 29.3 Å². The van der Waals surface area contributed by atoms with Gasteiger partial charge in [0.25, 0.3) is 0 Å². The first-order valence-electron chi connectivity index (χ1n) is 9.22. The van der Waals surface area contributed by atoms with Crippen molar-refractivity contribution in [3.8, 4) is 5.75 Å². The molecule has 3 rings (SSSR count). The third-order valence-corrected chi connectivity index (χ3v) is 4.65. The van der Waals surface area contributed by atoms with Crippen LogP contribution in [0.15, 0.2) is 51.7 Å². The Morgan fingerprint density at radius 2 is 1.84 bits per heavy atom. The molecule has 2 aromatic carbocycles. The van der Waals surface area contributed by atoms with Crippen LogP contribution in [0.2, 0.25) is 0 Å². The number of benzene rings is 2. The van der Waals surface area contributed by atoms with Crippen molar-refractivity contribution < 1.29 is 32.3 Å². The van der Waals surface area contributed by atoms with Gasteiger partial charge in [0.2, 0.25) is 5.91 Å². The zero-order valence-corrected chi connectivity index (χ0v) is 16.7. The summed E-state index contributed by atoms with van der Waals surface area (Å²) in [6, 6.07) is 7.79. The molecule has 1 aromatic heterocycles. The van der Waals surface area contributed by atoms with Gasteiger partial charge in [-0.3, -0.25) is 4.79 Å². The molecule has 3 aromatic rings. The zero-order valence-electron chi connectivity index (χ0n) is 16.7. The predicted octanol–water partition coefficient (Wildman–Crippen LogP) is 2.52. The number of halogens is 2. The third-order valence-electron chi connectivity index (χ3n) is 4.65. The van der Waals surface area contributed by atoms with Crippen molar-refractivity contribution in [2.24, 2.45) is 0 Å². The number of amides is 1. The van der Waals surface area contributed by atoms with Gasteiger partial charge in [0.1, 0.15) is 29.0 Å². The van der Waals surface area contributed by atoms with Gasteiger partial charge in [-0.25, -0.2) is 18.4 Å². The van der Waals surface area contributed by atoms with Crippen LogP contribution in [0.3, 0.4) is 0 Å². The second-order valence-corrected chi connectivity index (χ2v) is 6.71. The molecule has 0 fully saturated rings. The Bertz CT molecular complexity index is 1190. The molecule has 1 atom stereocenters. The zero-order chi connectivity index (χ0) is 22.5. The van der Waals surface area contributed by atoms with Crippen LogP contribution in [0, 0.1) is 11.6 Å². The standard InChI is InChI=1S/C22H19F2NO6/c1-29-15-5-6-16-13(9-21(27)31-19(16)11-15)7-18(22(28)30-2)25-20(26)8-12-3-4-14(23)10-17(12)24/h3-6,9-11,18H,7-8H2,1-2H3,(H,25,26)/t18-/m0/s1. The molecular formula is C22H19F2NO6. The first-order valence-corrected chi connectivity index (χ1v) is 9.22. The van der Waals surface area contributed by atoms with E-state index in [1.807, 2.05) is 0 Å². The molecule has 0 aliphatic rings. The van der Waals surface area contributed by atoms with E-state index >= 15 is 0 Å². The van der Waals surface area contributed by atoms with Crippen molar-refractivity contribution in [2.45, 2.75) is 18.9 Å². The number of methoxy groups -OCH3 is 2. The fourth-order valence-electron chi connectivity index (χ4n) is 3.14. The summed E-state index contributed by atoms with van der Waals surface area (Å²) in [4.78, 5) is 36.6. The number of hydrogen-bond acceptors (Lipinski definition) is 6. The van der Waals surface area contributed by atoms with Gasteiger partial charge in [0.05, 0.1) is 20.6 Å². The molecule has 31 heavy (non-hydrogen) atoms. The number of hydrogen-bond donors (Lipinski definition) is 1. The second-order valence-electron chi connectivity index (χ2n) is 6.71. The summed E-state index contributed by atoms with van der Waals surface area (Å²) in [7, 11) is 2.62. The molecular weight excluding hydrogens is 412 g/mol. The predicted molar refractivity (Wildman–Crippen MR) is 107 cm³/mol. The van der Waals surface area contributed by atoms with Crippen LogP contribution in [0.5, 0.6) is 5.75 Å². The maximum atomic E-state index is 13.8. The second kappa shape index (κ2) is 9.38. The van der Waals surface area contributed by atoms with E-state index in [1.54, 1.807) is 12.1 Å². The van der Waals surface area contributed by atoms with Crippen LogP contribution in [-0.2, 0) is 27.2 Å². The average Bonchev–Trinajstić information content (AvgIpc) is 2.74. The van der Waals surface area contributed by atoms with Gasteiger partial charge in [0, 0.05) is 30.0 Å². The minimum Gasteiger partial charge on any atom is -0.497 e. The van der Waals surface area contributed by atoms with Crippen molar-refractivity contribution in [3.63, 3.8) is 0 Å². The van der Waals surface area contributed by atoms with Crippen LogP contribution in [0.4, 0.5) is 8.78 Å². The highest BCUT2D eigenvalue weighted by Crippen LogP contribution is 2.23. The first kappa shape index (κ1) is 21.9. The molecule has 0 saturated heterocycles. The fraction of sp³-hybridized carbons (Fsp3) is 0.227. The van der Waals surface area contributed by atoms with E-state index in [9.17, 15) is 23.2 Å². The van der Waals surface area contributed by atoms with Crippen LogP contribution in [0.25, 0.3) is 11.0 Å². The molecule has 0 unspecified atom stereocenters. The van der Waals surface area contributed by atoms with Crippen molar-refractivity contribution in [1.82, 2.24) is 5.32 Å². The Hall–Kier alpha value is -3.75. The number of nitrogens with one attached hydrogen (secondary N) is 1. The lowest BCUT2D eigenvalue weighted by molar-refractivity contribution is -0.145. The van der Waals surface area contributed by atoms with Gasteiger partial charge in [0.15, 0.2) is 0 Å². The van der Waals surface area contributed by atoms with E-state index in [-0.39, 0.29) is 17.6 Å². The van der Waals surface area contributed by atoms with Crippen LogP contribution in [-0.4, -0.2) is 32.1 Å². The molecule has 1 heterocycles. The third kappa shape index (κ3) is 5.25. The molecule has 0 aliphatic heterocycles. The van der Waals surface area contributed by atoms with Crippen LogP contribution in [0.1, 0.15) is 11.1 Å². The van der Waals surface area contributed by atoms with Gasteiger partial charge in [-0.1, -0.05) is 6.07 Å². The Kier molecular flexibility index (Phi) is 6.64. The normalized spacial score (nSPS) is 11.7. The van der Waals surface area contributed by atoms with Gasteiger partial charge in [-0.2, -0.15) is 0 Å². The monoisotopic (exact) mass is 431 g/mol. The van der Waals surface area contributed by atoms with E-state index in [4.69, 9.17) is 13.9 Å². The molecule has 0 spiro atoms. The number of fused-ring (bicyclic) bond motifs is 1. The highest BCUT2D eigenvalue weighted by atomic mass is 19.1. The fourth-order valence-corrected chi connectivity index (χ4v) is 3.14. The van der Waals surface area contributed by atoms with Crippen LogP contribution >= 0.6 is 0 Å². The summed E-state index contributed by atoms with van der Waals surface area (Å²) in [6.45, 7) is 0. The SMILES string of the molecule is COC(=O)[C@H](Cc1cc(=O)oc2cc(OC)ccc12)NC(=O)Cc1ccc(F)cc1F. The number of rotatable bonds is 7. The lowest BCUT2D eigenvalue weighted by atomic mass is 10.0. The maximum absolute atomic E-state index is 13.8. The van der Waals surface area contributed by atoms with E-state index in [0.717, 1.165) is 19.2 Å². The topological polar surface area (TPSA) is 94.8 Å². The smallest absolute Gasteiger partial charge is 0.336 e. The van der Waals surface area contributed by atoms with Gasteiger partial charge in [-0.15, -0.1) is 0 Å². The van der Waals surface area contributed by atoms with E-state index < -0.39 is 41.6 Å². The largest absolute Gasteiger partial charge is 0.497 e. The number of esters is 1. The Balaban J connectivity index is 1.86. The molecule has 1 N–H and O–H groups in total. The van der Waals surface area contributed by atoms with Crippen molar-refractivity contribution in [3.05, 3.63) is 75.6 Å². The number of carbonyl (C=O) groups is 2. The van der Waals surface area contributed by atoms with Crippen molar-refractivity contribution in [1.29, 1.82) is 0 Å². The van der Waals surface area contributed by atoms with Crippen LogP contribution < -0.4 is 15.7 Å². The highest BCUT2D eigenvalue weighted by molar-refractivity contribution is 5.87. The first-order chi connectivity index (χ1) is 14.8. The summed E-state index contributed by atoms with van der Waals surface area (Å²) in [5.41, 5.74) is 0.0298. The molecule has 0 saturated carbocycles.